The van der Waals surface area contributed by atoms with Crippen LogP contribution in [0.15, 0.2) is 35.7 Å². The van der Waals surface area contributed by atoms with Crippen molar-refractivity contribution in [2.24, 2.45) is 0 Å². The van der Waals surface area contributed by atoms with Crippen LogP contribution in [0.3, 0.4) is 0 Å². The van der Waals surface area contributed by atoms with Crippen LogP contribution in [-0.2, 0) is 21.2 Å². The van der Waals surface area contributed by atoms with Crippen molar-refractivity contribution >= 4 is 50.3 Å². The molecule has 1 fully saturated rings. The monoisotopic (exact) mass is 433 g/mol. The third-order valence-corrected chi connectivity index (χ3v) is 7.56. The molecule has 1 aromatic carbocycles. The molecule has 0 saturated carbocycles. The highest BCUT2D eigenvalue weighted by Crippen LogP contribution is 2.31. The number of halogens is 2. The average molecular weight is 434 g/mol. The first kappa shape index (κ1) is 19.5. The maximum absolute atomic E-state index is 12.8. The van der Waals surface area contributed by atoms with E-state index in [4.69, 9.17) is 27.9 Å². The van der Waals surface area contributed by atoms with Gasteiger partial charge in [-0.3, -0.25) is 4.79 Å². The van der Waals surface area contributed by atoms with E-state index in [0.717, 1.165) is 4.88 Å². The molecule has 1 aliphatic rings. The van der Waals surface area contributed by atoms with Gasteiger partial charge in [-0.05, 0) is 30.0 Å². The summed E-state index contributed by atoms with van der Waals surface area (Å²) in [5.41, 5.74) is 0. The topological polar surface area (TPSA) is 63.7 Å². The van der Waals surface area contributed by atoms with E-state index in [2.05, 4.69) is 0 Å². The van der Waals surface area contributed by atoms with Gasteiger partial charge in [-0.2, -0.15) is 0 Å². The number of hydrogen-bond acceptors (Lipinski definition) is 5. The molecule has 0 aliphatic carbocycles. The zero-order valence-corrected chi connectivity index (χ0v) is 16.9. The van der Waals surface area contributed by atoms with E-state index >= 15 is 0 Å². The number of ether oxygens (including phenoxy) is 1. The van der Waals surface area contributed by atoms with Gasteiger partial charge >= 0.3 is 0 Å². The molecule has 2 heterocycles. The molecule has 1 atom stereocenters. The minimum atomic E-state index is -3.10. The number of thiophene rings is 1. The fourth-order valence-corrected chi connectivity index (χ4v) is 5.61. The highest BCUT2D eigenvalue weighted by atomic mass is 35.5. The molecule has 2 aromatic rings. The van der Waals surface area contributed by atoms with Gasteiger partial charge in [0, 0.05) is 10.9 Å². The molecule has 0 radical (unpaired) electrons. The Balaban J connectivity index is 1.73. The maximum Gasteiger partial charge on any atom is 0.261 e. The van der Waals surface area contributed by atoms with E-state index in [0.29, 0.717) is 23.7 Å². The highest BCUT2D eigenvalue weighted by Gasteiger charge is 2.35. The number of benzene rings is 1. The Morgan fingerprint density at radius 1 is 1.27 bits per heavy atom. The lowest BCUT2D eigenvalue weighted by Gasteiger charge is -2.28. The molecule has 1 aliphatic heterocycles. The predicted molar refractivity (Wildman–Crippen MR) is 104 cm³/mol. The summed E-state index contributed by atoms with van der Waals surface area (Å²) in [6, 6.07) is 8.42. The largest absolute Gasteiger partial charge is 0.482 e. The van der Waals surface area contributed by atoms with Crippen molar-refractivity contribution in [3.8, 4) is 5.75 Å². The number of carbonyl (C=O) groups is 1. The molecule has 9 heteroatoms. The van der Waals surface area contributed by atoms with E-state index in [1.54, 1.807) is 23.1 Å². The van der Waals surface area contributed by atoms with Crippen LogP contribution in [-0.4, -0.2) is 43.4 Å². The minimum Gasteiger partial charge on any atom is -0.482 e. The van der Waals surface area contributed by atoms with Crippen molar-refractivity contribution in [1.82, 2.24) is 4.90 Å². The van der Waals surface area contributed by atoms with Gasteiger partial charge in [-0.25, -0.2) is 8.42 Å². The van der Waals surface area contributed by atoms with Crippen molar-refractivity contribution in [2.75, 3.05) is 18.1 Å². The zero-order chi connectivity index (χ0) is 18.7. The summed E-state index contributed by atoms with van der Waals surface area (Å²) in [6.45, 7) is 0.130. The summed E-state index contributed by atoms with van der Waals surface area (Å²) in [4.78, 5) is 15.4. The van der Waals surface area contributed by atoms with Crippen molar-refractivity contribution < 1.29 is 17.9 Å². The summed E-state index contributed by atoms with van der Waals surface area (Å²) in [5, 5.41) is 2.51. The molecule has 3 rings (SSSR count). The van der Waals surface area contributed by atoms with Crippen LogP contribution >= 0.6 is 34.5 Å². The Morgan fingerprint density at radius 3 is 2.73 bits per heavy atom. The standard InChI is InChI=1S/C17H17Cl2NO4S2/c18-14-4-1-5-15(17(14)19)24-10-16(21)20(9-13-3-2-7-25-13)12-6-8-26(22,23)11-12/h1-5,7,12H,6,8-11H2/t12-/m0/s1. The minimum absolute atomic E-state index is 0.0119. The normalized spacial score (nSPS) is 18.6. The van der Waals surface area contributed by atoms with Crippen molar-refractivity contribution in [2.45, 2.75) is 19.0 Å². The molecule has 5 nitrogen and oxygen atoms in total. The Bertz CT molecular complexity index is 884. The van der Waals surface area contributed by atoms with Crippen LogP contribution in [0.1, 0.15) is 11.3 Å². The number of nitrogens with zero attached hydrogens (tertiary/aromatic N) is 1. The molecule has 0 bridgehead atoms. The van der Waals surface area contributed by atoms with Crippen molar-refractivity contribution in [1.29, 1.82) is 0 Å². The number of amides is 1. The molecule has 0 N–H and O–H groups in total. The summed E-state index contributed by atoms with van der Waals surface area (Å²) < 4.78 is 29.2. The lowest BCUT2D eigenvalue weighted by atomic mass is 10.2. The Morgan fingerprint density at radius 2 is 2.08 bits per heavy atom. The van der Waals surface area contributed by atoms with Crippen LogP contribution in [0.4, 0.5) is 0 Å². The summed E-state index contributed by atoms with van der Waals surface area (Å²) in [7, 11) is -3.10. The molecular weight excluding hydrogens is 417 g/mol. The van der Waals surface area contributed by atoms with E-state index in [1.165, 1.54) is 11.3 Å². The summed E-state index contributed by atoms with van der Waals surface area (Å²) in [6.07, 6.45) is 0.442. The van der Waals surface area contributed by atoms with E-state index in [9.17, 15) is 13.2 Å². The van der Waals surface area contributed by atoms with Gasteiger partial charge in [0.1, 0.15) is 10.8 Å². The molecule has 1 amide bonds. The highest BCUT2D eigenvalue weighted by molar-refractivity contribution is 7.91. The summed E-state index contributed by atoms with van der Waals surface area (Å²) >= 11 is 13.5. The third kappa shape index (κ3) is 4.71. The molecule has 0 unspecified atom stereocenters. The van der Waals surface area contributed by atoms with Crippen LogP contribution in [0, 0.1) is 0 Å². The molecule has 26 heavy (non-hydrogen) atoms. The van der Waals surface area contributed by atoms with Crippen LogP contribution in [0.5, 0.6) is 5.75 Å². The summed E-state index contributed by atoms with van der Waals surface area (Å²) in [5.74, 6) is 0.133. The second-order valence-electron chi connectivity index (χ2n) is 6.00. The van der Waals surface area contributed by atoms with Gasteiger partial charge in [0.2, 0.25) is 0 Å². The molecule has 140 valence electrons. The first-order valence-electron chi connectivity index (χ1n) is 7.95. The zero-order valence-electron chi connectivity index (χ0n) is 13.7. The first-order chi connectivity index (χ1) is 12.4. The van der Waals surface area contributed by atoms with E-state index < -0.39 is 9.84 Å². The SMILES string of the molecule is O=C(COc1cccc(Cl)c1Cl)N(Cc1cccs1)[C@H]1CCS(=O)(=O)C1. The Kier molecular flexibility index (Phi) is 6.12. The van der Waals surface area contributed by atoms with Crippen molar-refractivity contribution in [3.63, 3.8) is 0 Å². The number of hydrogen-bond donors (Lipinski definition) is 0. The van der Waals surface area contributed by atoms with Crippen LogP contribution < -0.4 is 4.74 Å². The first-order valence-corrected chi connectivity index (χ1v) is 11.4. The molecular formula is C17H17Cl2NO4S2. The van der Waals surface area contributed by atoms with Gasteiger partial charge in [-0.15, -0.1) is 11.3 Å². The predicted octanol–water partition coefficient (Wildman–Crippen LogP) is 3.65. The van der Waals surface area contributed by atoms with E-state index in [1.807, 2.05) is 17.5 Å². The van der Waals surface area contributed by atoms with Gasteiger partial charge in [-0.1, -0.05) is 35.3 Å². The molecule has 1 saturated heterocycles. The molecule has 1 aromatic heterocycles. The van der Waals surface area contributed by atoms with Gasteiger partial charge in [0.15, 0.2) is 16.4 Å². The van der Waals surface area contributed by atoms with E-state index in [-0.39, 0.29) is 35.1 Å². The second kappa shape index (κ2) is 8.17. The molecule has 0 spiro atoms. The quantitative estimate of drug-likeness (QED) is 0.697. The number of carbonyl (C=O) groups excluding carboxylic acids is 1. The van der Waals surface area contributed by atoms with Gasteiger partial charge in [0.25, 0.3) is 5.91 Å². The Hall–Kier alpha value is -1.28. The average Bonchev–Trinajstić information content (AvgIpc) is 3.23. The number of sulfone groups is 1. The fourth-order valence-electron chi connectivity index (χ4n) is 2.83. The van der Waals surface area contributed by atoms with Gasteiger partial charge in [0.05, 0.1) is 23.1 Å². The lowest BCUT2D eigenvalue weighted by Crippen LogP contribution is -2.42. The lowest BCUT2D eigenvalue weighted by molar-refractivity contribution is -0.135. The van der Waals surface area contributed by atoms with Crippen LogP contribution in [0.25, 0.3) is 0 Å². The van der Waals surface area contributed by atoms with Crippen LogP contribution in [0.2, 0.25) is 10.0 Å². The van der Waals surface area contributed by atoms with Crippen molar-refractivity contribution in [3.05, 3.63) is 50.6 Å². The smallest absolute Gasteiger partial charge is 0.261 e. The Labute approximate surface area is 166 Å². The third-order valence-electron chi connectivity index (χ3n) is 4.14. The second-order valence-corrected chi connectivity index (χ2v) is 10.0. The maximum atomic E-state index is 12.8. The number of rotatable bonds is 6. The fraction of sp³-hybridized carbons (Fsp3) is 0.353. The van der Waals surface area contributed by atoms with Gasteiger partial charge < -0.3 is 9.64 Å².